The number of carbonyl (C=O) groups excluding carboxylic acids is 1. The van der Waals surface area contributed by atoms with Crippen molar-refractivity contribution in [1.82, 2.24) is 4.98 Å². The van der Waals surface area contributed by atoms with Crippen LogP contribution in [-0.2, 0) is 18.8 Å². The molecule has 1 N–H and O–H groups in total. The van der Waals surface area contributed by atoms with E-state index in [2.05, 4.69) is 24.1 Å². The summed E-state index contributed by atoms with van der Waals surface area (Å²) in [5.74, 6) is -0.391. The van der Waals surface area contributed by atoms with Gasteiger partial charge in [0.25, 0.3) is 5.91 Å². The second-order valence-corrected chi connectivity index (χ2v) is 9.12. The van der Waals surface area contributed by atoms with E-state index < -0.39 is 35.1 Å². The van der Waals surface area contributed by atoms with Gasteiger partial charge in [-0.15, -0.1) is 0 Å². The standard InChI is InChI=1S/C28H22F6N2O/c1-16(2)11-17-7-9-18(10-8-17)25-15-23(22-5-3-4-6-24(22)36-25)26(37)35-21-13-19(27(29,30)31)12-20(14-21)28(32,33)34/h3-10,12-16H,11H2,1-2H3,(H,35,37). The lowest BCUT2D eigenvalue weighted by Gasteiger charge is -2.15. The largest absolute Gasteiger partial charge is 0.416 e. The van der Waals surface area contributed by atoms with E-state index in [0.717, 1.165) is 12.0 Å². The van der Waals surface area contributed by atoms with Crippen molar-refractivity contribution in [3.05, 3.63) is 95.1 Å². The highest BCUT2D eigenvalue weighted by atomic mass is 19.4. The molecule has 37 heavy (non-hydrogen) atoms. The van der Waals surface area contributed by atoms with Gasteiger partial charge in [0.05, 0.1) is 27.9 Å². The molecule has 1 heterocycles. The van der Waals surface area contributed by atoms with Crippen LogP contribution < -0.4 is 5.32 Å². The van der Waals surface area contributed by atoms with Crippen LogP contribution >= 0.6 is 0 Å². The van der Waals surface area contributed by atoms with Crippen LogP contribution in [0.25, 0.3) is 22.2 Å². The molecule has 3 nitrogen and oxygen atoms in total. The number of nitrogens with zero attached hydrogens (tertiary/aromatic N) is 1. The average Bonchev–Trinajstić information content (AvgIpc) is 2.82. The minimum atomic E-state index is -5.03. The molecule has 192 valence electrons. The number of hydrogen-bond acceptors (Lipinski definition) is 2. The van der Waals surface area contributed by atoms with Crippen LogP contribution in [0.4, 0.5) is 32.0 Å². The first kappa shape index (κ1) is 26.2. The molecule has 1 amide bonds. The summed E-state index contributed by atoms with van der Waals surface area (Å²) in [6.07, 6.45) is -9.17. The van der Waals surface area contributed by atoms with Gasteiger partial charge in [0.1, 0.15) is 0 Å². The van der Waals surface area contributed by atoms with Crippen molar-refractivity contribution < 1.29 is 31.1 Å². The maximum absolute atomic E-state index is 13.3. The number of amides is 1. The van der Waals surface area contributed by atoms with Crippen molar-refractivity contribution in [3.63, 3.8) is 0 Å². The molecule has 0 radical (unpaired) electrons. The fourth-order valence-electron chi connectivity index (χ4n) is 4.02. The molecule has 0 aliphatic rings. The highest BCUT2D eigenvalue weighted by Gasteiger charge is 2.37. The third-order valence-electron chi connectivity index (χ3n) is 5.70. The Balaban J connectivity index is 1.75. The van der Waals surface area contributed by atoms with E-state index in [1.54, 1.807) is 24.3 Å². The first-order chi connectivity index (χ1) is 17.3. The second-order valence-electron chi connectivity index (χ2n) is 9.12. The molecule has 0 bridgehead atoms. The Morgan fingerprint density at radius 2 is 1.43 bits per heavy atom. The van der Waals surface area contributed by atoms with Crippen molar-refractivity contribution in [3.8, 4) is 11.3 Å². The van der Waals surface area contributed by atoms with Gasteiger partial charge in [0.2, 0.25) is 0 Å². The summed E-state index contributed by atoms with van der Waals surface area (Å²) in [5.41, 5.74) is -0.839. The van der Waals surface area contributed by atoms with Gasteiger partial charge in [-0.1, -0.05) is 56.3 Å². The van der Waals surface area contributed by atoms with Crippen LogP contribution in [0.15, 0.2) is 72.8 Å². The summed E-state index contributed by atoms with van der Waals surface area (Å²) in [6.45, 7) is 4.21. The van der Waals surface area contributed by atoms with Crippen molar-refractivity contribution >= 4 is 22.5 Å². The molecule has 3 aromatic carbocycles. The van der Waals surface area contributed by atoms with Crippen LogP contribution in [0.3, 0.4) is 0 Å². The van der Waals surface area contributed by atoms with Gasteiger partial charge in [-0.2, -0.15) is 26.3 Å². The molecular formula is C28H22F6N2O. The zero-order valence-electron chi connectivity index (χ0n) is 19.8. The quantitative estimate of drug-likeness (QED) is 0.271. The van der Waals surface area contributed by atoms with Gasteiger partial charge in [-0.05, 0) is 48.2 Å². The van der Waals surface area contributed by atoms with Gasteiger partial charge in [-0.25, -0.2) is 4.98 Å². The van der Waals surface area contributed by atoms with Gasteiger partial charge in [0, 0.05) is 16.6 Å². The van der Waals surface area contributed by atoms with Gasteiger partial charge in [0.15, 0.2) is 0 Å². The van der Waals surface area contributed by atoms with Crippen molar-refractivity contribution in [2.75, 3.05) is 5.32 Å². The molecule has 0 saturated heterocycles. The van der Waals surface area contributed by atoms with Gasteiger partial charge < -0.3 is 5.32 Å². The van der Waals surface area contributed by atoms with Crippen LogP contribution in [0.2, 0.25) is 0 Å². The number of carbonyl (C=O) groups is 1. The minimum Gasteiger partial charge on any atom is -0.322 e. The fraction of sp³-hybridized carbons (Fsp3) is 0.214. The van der Waals surface area contributed by atoms with E-state index in [9.17, 15) is 31.1 Å². The molecular weight excluding hydrogens is 494 g/mol. The van der Waals surface area contributed by atoms with E-state index in [-0.39, 0.29) is 11.6 Å². The molecule has 9 heteroatoms. The lowest BCUT2D eigenvalue weighted by molar-refractivity contribution is -0.143. The summed E-state index contributed by atoms with van der Waals surface area (Å²) in [6, 6.07) is 16.7. The summed E-state index contributed by atoms with van der Waals surface area (Å²) >= 11 is 0. The van der Waals surface area contributed by atoms with Crippen molar-refractivity contribution in [2.24, 2.45) is 5.92 Å². The number of aromatic nitrogens is 1. The number of hydrogen-bond donors (Lipinski definition) is 1. The summed E-state index contributed by atoms with van der Waals surface area (Å²) in [7, 11) is 0. The smallest absolute Gasteiger partial charge is 0.322 e. The molecule has 0 atom stereocenters. The Labute approximate surface area is 209 Å². The highest BCUT2D eigenvalue weighted by Crippen LogP contribution is 2.38. The maximum Gasteiger partial charge on any atom is 0.416 e. The molecule has 0 fully saturated rings. The molecule has 0 saturated carbocycles. The van der Waals surface area contributed by atoms with E-state index in [1.807, 2.05) is 24.3 Å². The van der Waals surface area contributed by atoms with Crippen LogP contribution in [-0.4, -0.2) is 10.9 Å². The van der Waals surface area contributed by atoms with E-state index >= 15 is 0 Å². The fourth-order valence-corrected chi connectivity index (χ4v) is 4.02. The van der Waals surface area contributed by atoms with Crippen LogP contribution in [0, 0.1) is 5.92 Å². The molecule has 4 aromatic rings. The zero-order valence-corrected chi connectivity index (χ0v) is 19.8. The number of fused-ring (bicyclic) bond motifs is 1. The van der Waals surface area contributed by atoms with Crippen molar-refractivity contribution in [1.29, 1.82) is 0 Å². The monoisotopic (exact) mass is 516 g/mol. The first-order valence-corrected chi connectivity index (χ1v) is 11.4. The number of halogens is 6. The SMILES string of the molecule is CC(C)Cc1ccc(-c2cc(C(=O)Nc3cc(C(F)(F)F)cc(C(F)(F)F)c3)c3ccccc3n2)cc1. The molecule has 0 spiro atoms. The minimum absolute atomic E-state index is 0.0124. The predicted octanol–water partition coefficient (Wildman–Crippen LogP) is 8.39. The molecule has 0 unspecified atom stereocenters. The molecule has 1 aromatic heterocycles. The van der Waals surface area contributed by atoms with Gasteiger partial charge in [-0.3, -0.25) is 4.79 Å². The van der Waals surface area contributed by atoms with Crippen LogP contribution in [0.5, 0.6) is 0 Å². The number of pyridine rings is 1. The topological polar surface area (TPSA) is 42.0 Å². The Bertz CT molecular complexity index is 1410. The summed E-state index contributed by atoms with van der Waals surface area (Å²) < 4.78 is 79.5. The number of rotatable bonds is 5. The van der Waals surface area contributed by atoms with Crippen LogP contribution in [0.1, 0.15) is 40.9 Å². The second kappa shape index (κ2) is 9.88. The molecule has 4 rings (SSSR count). The number of nitrogens with one attached hydrogen (secondary N) is 1. The zero-order chi connectivity index (χ0) is 27.0. The van der Waals surface area contributed by atoms with E-state index in [1.165, 1.54) is 6.07 Å². The Kier molecular flexibility index (Phi) is 6.99. The molecule has 0 aliphatic heterocycles. The summed E-state index contributed by atoms with van der Waals surface area (Å²) in [5, 5.41) is 2.62. The Hall–Kier alpha value is -3.88. The number of alkyl halides is 6. The molecule has 0 aliphatic carbocycles. The Morgan fingerprint density at radius 3 is 2.00 bits per heavy atom. The van der Waals surface area contributed by atoms with Crippen molar-refractivity contribution in [2.45, 2.75) is 32.6 Å². The lowest BCUT2D eigenvalue weighted by atomic mass is 9.99. The van der Waals surface area contributed by atoms with Gasteiger partial charge >= 0.3 is 12.4 Å². The average molecular weight is 516 g/mol. The number of anilines is 1. The van der Waals surface area contributed by atoms with E-state index in [4.69, 9.17) is 0 Å². The normalized spacial score (nSPS) is 12.2. The first-order valence-electron chi connectivity index (χ1n) is 11.4. The Morgan fingerprint density at radius 1 is 0.838 bits per heavy atom. The predicted molar refractivity (Wildman–Crippen MR) is 130 cm³/mol. The third-order valence-corrected chi connectivity index (χ3v) is 5.70. The number of benzene rings is 3. The summed E-state index contributed by atoms with van der Waals surface area (Å²) in [4.78, 5) is 17.8. The highest BCUT2D eigenvalue weighted by molar-refractivity contribution is 6.13. The number of para-hydroxylation sites is 1. The third kappa shape index (κ3) is 6.10. The maximum atomic E-state index is 13.3. The van der Waals surface area contributed by atoms with E-state index in [0.29, 0.717) is 40.2 Å². The lowest BCUT2D eigenvalue weighted by Crippen LogP contribution is -2.16.